The Bertz CT molecular complexity index is 719. The van der Waals surface area contributed by atoms with Crippen molar-refractivity contribution in [2.24, 2.45) is 5.92 Å². The zero-order valence-corrected chi connectivity index (χ0v) is 17.2. The molecule has 2 rings (SSSR count). The van der Waals surface area contributed by atoms with Gasteiger partial charge in [0.15, 0.2) is 6.61 Å². The van der Waals surface area contributed by atoms with Crippen LogP contribution in [-0.4, -0.2) is 36.8 Å². The maximum absolute atomic E-state index is 13.3. The molecule has 1 aromatic rings. The van der Waals surface area contributed by atoms with E-state index in [9.17, 15) is 14.0 Å². The van der Waals surface area contributed by atoms with Crippen molar-refractivity contribution >= 4 is 35.5 Å². The van der Waals surface area contributed by atoms with Crippen LogP contribution in [0.5, 0.6) is 5.75 Å². The lowest BCUT2D eigenvalue weighted by molar-refractivity contribution is -0.123. The van der Waals surface area contributed by atoms with Crippen molar-refractivity contribution in [1.29, 1.82) is 0 Å². The van der Waals surface area contributed by atoms with Gasteiger partial charge >= 0.3 is 0 Å². The number of carbonyl (C=O) groups is 2. The van der Waals surface area contributed by atoms with Crippen molar-refractivity contribution in [2.75, 3.05) is 18.9 Å². The van der Waals surface area contributed by atoms with E-state index < -0.39 is 11.7 Å². The molecule has 0 spiro atoms. The Hall–Kier alpha value is -1.77. The minimum absolute atomic E-state index is 0.0143. The number of hydrogen-bond donors (Lipinski definition) is 2. The van der Waals surface area contributed by atoms with Crippen LogP contribution in [-0.2, 0) is 13.8 Å². The van der Waals surface area contributed by atoms with Gasteiger partial charge in [0, 0.05) is 30.5 Å². The molecule has 0 radical (unpaired) electrons. The van der Waals surface area contributed by atoms with Gasteiger partial charge in [-0.1, -0.05) is 25.1 Å². The van der Waals surface area contributed by atoms with Crippen molar-refractivity contribution in [1.82, 2.24) is 10.6 Å². The van der Waals surface area contributed by atoms with Gasteiger partial charge < -0.3 is 19.6 Å². The van der Waals surface area contributed by atoms with Crippen LogP contribution < -0.4 is 15.4 Å². The van der Waals surface area contributed by atoms with Gasteiger partial charge in [0.05, 0.1) is 11.1 Å². The average Bonchev–Trinajstić information content (AvgIpc) is 2.66. The Morgan fingerprint density at radius 1 is 1.39 bits per heavy atom. The van der Waals surface area contributed by atoms with Crippen LogP contribution >= 0.6 is 23.6 Å². The minimum Gasteiger partial charge on any atom is -0.484 e. The van der Waals surface area contributed by atoms with E-state index in [0.29, 0.717) is 24.6 Å². The number of carbonyl (C=O) groups excluding carboxylic acids is 2. The van der Waals surface area contributed by atoms with E-state index in [1.54, 1.807) is 0 Å². The molecule has 2 amide bonds. The number of hydrogen-bond acceptors (Lipinski definition) is 5. The first kappa shape index (κ1) is 22.5. The van der Waals surface area contributed by atoms with Gasteiger partial charge in [0.1, 0.15) is 11.6 Å². The van der Waals surface area contributed by atoms with Crippen LogP contribution in [0.1, 0.15) is 26.2 Å². The fourth-order valence-electron chi connectivity index (χ4n) is 2.46. The van der Waals surface area contributed by atoms with Gasteiger partial charge in [0.2, 0.25) is 5.91 Å². The highest BCUT2D eigenvalue weighted by Crippen LogP contribution is 2.25. The van der Waals surface area contributed by atoms with Gasteiger partial charge in [-0.2, -0.15) is 0 Å². The maximum Gasteiger partial charge on any atom is 0.262 e. The molecule has 1 aromatic carbocycles. The molecule has 6 nitrogen and oxygen atoms in total. The highest BCUT2D eigenvalue weighted by Gasteiger charge is 2.23. The quantitative estimate of drug-likeness (QED) is 0.587. The predicted octanol–water partition coefficient (Wildman–Crippen LogP) is 3.46. The van der Waals surface area contributed by atoms with Gasteiger partial charge in [-0.3, -0.25) is 9.59 Å². The number of amides is 2. The molecule has 2 atom stereocenters. The molecule has 154 valence electrons. The Morgan fingerprint density at radius 3 is 2.89 bits per heavy atom. The Labute approximate surface area is 173 Å². The highest BCUT2D eigenvalue weighted by atomic mass is 35.5. The topological polar surface area (TPSA) is 76.7 Å². The molecule has 0 bridgehead atoms. The summed E-state index contributed by atoms with van der Waals surface area (Å²) in [7, 11) is 0. The number of benzene rings is 1. The van der Waals surface area contributed by atoms with Crippen LogP contribution in [0, 0.1) is 11.7 Å². The second-order valence-electron chi connectivity index (χ2n) is 6.54. The molecule has 1 aliphatic heterocycles. The molecular weight excluding hydrogens is 407 g/mol. The summed E-state index contributed by atoms with van der Waals surface area (Å²) in [4.78, 5) is 23.8. The summed E-state index contributed by atoms with van der Waals surface area (Å²) in [5.74, 6) is 0.379. The molecule has 0 aliphatic carbocycles. The molecule has 0 aromatic heterocycles. The van der Waals surface area contributed by atoms with Crippen molar-refractivity contribution in [2.45, 2.75) is 32.3 Å². The Morgan fingerprint density at radius 2 is 2.18 bits per heavy atom. The summed E-state index contributed by atoms with van der Waals surface area (Å²) < 4.78 is 24.1. The number of ether oxygens (including phenoxy) is 1. The second kappa shape index (κ2) is 11.3. The molecule has 9 heteroatoms. The molecule has 1 heterocycles. The van der Waals surface area contributed by atoms with Crippen LogP contribution in [0.2, 0.25) is 5.02 Å². The van der Waals surface area contributed by atoms with Crippen LogP contribution in [0.15, 0.2) is 30.5 Å². The van der Waals surface area contributed by atoms with E-state index in [1.165, 1.54) is 24.2 Å². The first-order valence-corrected chi connectivity index (χ1v) is 10.2. The lowest BCUT2D eigenvalue weighted by Crippen LogP contribution is -2.38. The predicted molar refractivity (Wildman–Crippen MR) is 108 cm³/mol. The Balaban J connectivity index is 1.62. The first-order valence-electron chi connectivity index (χ1n) is 8.95. The standard InChI is InChI=1S/C19H24ClFN2O4S/c1-12-7-8-28-27-17(12)10-22-18(24)6-3-13(2)23-19(25)11-26-14-4-5-15(20)16(21)9-14/h4-5,9,12,17H,2-3,6-8,10-11H2,1H3,(H,22,24)(H,23,25). The van der Waals surface area contributed by atoms with Crippen molar-refractivity contribution in [3.8, 4) is 5.75 Å². The van der Waals surface area contributed by atoms with Crippen LogP contribution in [0.4, 0.5) is 4.39 Å². The Kier molecular flexibility index (Phi) is 9.08. The molecule has 2 N–H and O–H groups in total. The van der Waals surface area contributed by atoms with Crippen LogP contribution in [0.3, 0.4) is 0 Å². The largest absolute Gasteiger partial charge is 0.484 e. The molecule has 28 heavy (non-hydrogen) atoms. The maximum atomic E-state index is 13.3. The van der Waals surface area contributed by atoms with E-state index in [0.717, 1.165) is 18.2 Å². The third-order valence-corrected chi connectivity index (χ3v) is 5.31. The van der Waals surface area contributed by atoms with E-state index >= 15 is 0 Å². The summed E-state index contributed by atoms with van der Waals surface area (Å²) in [5, 5.41) is 5.38. The fraction of sp³-hybridized carbons (Fsp3) is 0.474. The fourth-order valence-corrected chi connectivity index (χ4v) is 3.58. The molecule has 1 saturated heterocycles. The average molecular weight is 431 g/mol. The SMILES string of the molecule is C=C(CCC(=O)NCC1OSCCC1C)NC(=O)COc1ccc(Cl)c(F)c1. The van der Waals surface area contributed by atoms with E-state index in [1.807, 2.05) is 0 Å². The highest BCUT2D eigenvalue weighted by molar-refractivity contribution is 7.94. The normalized spacial score (nSPS) is 19.0. The summed E-state index contributed by atoms with van der Waals surface area (Å²) >= 11 is 7.02. The number of halogens is 2. The zero-order valence-electron chi connectivity index (χ0n) is 15.6. The van der Waals surface area contributed by atoms with Gasteiger partial charge in [-0.15, -0.1) is 0 Å². The molecule has 1 fully saturated rings. The van der Waals surface area contributed by atoms with Crippen molar-refractivity contribution < 1.29 is 22.9 Å². The second-order valence-corrected chi connectivity index (χ2v) is 7.79. The summed E-state index contributed by atoms with van der Waals surface area (Å²) in [6, 6.07) is 3.91. The van der Waals surface area contributed by atoms with Crippen molar-refractivity contribution in [3.63, 3.8) is 0 Å². The minimum atomic E-state index is -0.624. The number of nitrogens with one attached hydrogen (secondary N) is 2. The van der Waals surface area contributed by atoms with Gasteiger partial charge in [-0.05, 0) is 42.9 Å². The summed E-state index contributed by atoms with van der Waals surface area (Å²) in [6.45, 7) is 6.01. The molecule has 2 unspecified atom stereocenters. The third kappa shape index (κ3) is 7.69. The molecule has 0 saturated carbocycles. The van der Waals surface area contributed by atoms with E-state index in [-0.39, 0.29) is 35.8 Å². The van der Waals surface area contributed by atoms with E-state index in [4.69, 9.17) is 20.5 Å². The lowest BCUT2D eigenvalue weighted by Gasteiger charge is -2.27. The van der Waals surface area contributed by atoms with Crippen molar-refractivity contribution in [3.05, 3.63) is 41.3 Å². The summed E-state index contributed by atoms with van der Waals surface area (Å²) in [5.41, 5.74) is 0.406. The number of allylic oxidation sites excluding steroid dienone is 1. The van der Waals surface area contributed by atoms with Gasteiger partial charge in [0.25, 0.3) is 5.91 Å². The van der Waals surface area contributed by atoms with E-state index in [2.05, 4.69) is 24.1 Å². The first-order chi connectivity index (χ1) is 13.3. The molecular formula is C19H24ClFN2O4S. The smallest absolute Gasteiger partial charge is 0.262 e. The third-order valence-electron chi connectivity index (χ3n) is 4.21. The number of rotatable bonds is 9. The zero-order chi connectivity index (χ0) is 20.5. The lowest BCUT2D eigenvalue weighted by atomic mass is 10.0. The monoisotopic (exact) mass is 430 g/mol. The van der Waals surface area contributed by atoms with Gasteiger partial charge in [-0.25, -0.2) is 4.39 Å². The summed E-state index contributed by atoms with van der Waals surface area (Å²) in [6.07, 6.45) is 1.60. The molecule has 1 aliphatic rings. The van der Waals surface area contributed by atoms with Crippen LogP contribution in [0.25, 0.3) is 0 Å².